The fourth-order valence-corrected chi connectivity index (χ4v) is 2.32. The van der Waals surface area contributed by atoms with Crippen molar-refractivity contribution in [2.24, 2.45) is 0 Å². The van der Waals surface area contributed by atoms with Crippen LogP contribution >= 0.6 is 34.5 Å². The third-order valence-corrected chi connectivity index (χ3v) is 3.54. The number of halogens is 2. The van der Waals surface area contributed by atoms with E-state index in [1.54, 1.807) is 35.6 Å². The number of carbonyl (C=O) groups is 1. The van der Waals surface area contributed by atoms with Gasteiger partial charge in [0, 0.05) is 15.5 Å². The van der Waals surface area contributed by atoms with E-state index >= 15 is 0 Å². The van der Waals surface area contributed by atoms with Crippen LogP contribution in [0.2, 0.25) is 10.0 Å². The van der Waals surface area contributed by atoms with Crippen LogP contribution in [0.25, 0.3) is 6.08 Å². The van der Waals surface area contributed by atoms with Gasteiger partial charge in [-0.1, -0.05) is 29.3 Å². The van der Waals surface area contributed by atoms with Gasteiger partial charge in [0.2, 0.25) is 0 Å². The van der Waals surface area contributed by atoms with Crippen LogP contribution in [0.1, 0.15) is 15.2 Å². The molecule has 86 valence electrons. The zero-order chi connectivity index (χ0) is 12.3. The van der Waals surface area contributed by atoms with Gasteiger partial charge in [0.15, 0.2) is 5.78 Å². The van der Waals surface area contributed by atoms with E-state index in [1.807, 2.05) is 17.5 Å². The average molecular weight is 283 g/mol. The number of allylic oxidation sites excluding steroid dienone is 1. The molecule has 0 bridgehead atoms. The number of carbonyl (C=O) groups excluding carboxylic acids is 1. The Morgan fingerprint density at radius 1 is 1.24 bits per heavy atom. The first-order valence-corrected chi connectivity index (χ1v) is 6.51. The van der Waals surface area contributed by atoms with Gasteiger partial charge in [-0.25, -0.2) is 0 Å². The summed E-state index contributed by atoms with van der Waals surface area (Å²) in [5, 5.41) is 2.87. The molecule has 0 saturated heterocycles. The number of ketones is 1. The van der Waals surface area contributed by atoms with E-state index in [0.717, 1.165) is 4.88 Å². The van der Waals surface area contributed by atoms with E-state index in [-0.39, 0.29) is 5.78 Å². The molecular weight excluding hydrogens is 275 g/mol. The number of rotatable bonds is 3. The zero-order valence-corrected chi connectivity index (χ0v) is 11.0. The van der Waals surface area contributed by atoms with E-state index in [0.29, 0.717) is 15.6 Å². The van der Waals surface area contributed by atoms with Crippen molar-refractivity contribution in [3.63, 3.8) is 0 Å². The van der Waals surface area contributed by atoms with Crippen LogP contribution in [-0.4, -0.2) is 5.78 Å². The molecular formula is C13H8Cl2OS. The maximum atomic E-state index is 11.9. The lowest BCUT2D eigenvalue weighted by molar-refractivity contribution is 0.104. The van der Waals surface area contributed by atoms with E-state index in [9.17, 15) is 4.79 Å². The minimum atomic E-state index is -0.147. The molecule has 1 nitrogen and oxygen atoms in total. The summed E-state index contributed by atoms with van der Waals surface area (Å²) >= 11 is 13.3. The van der Waals surface area contributed by atoms with E-state index in [1.165, 1.54) is 6.08 Å². The number of hydrogen-bond donors (Lipinski definition) is 0. The lowest BCUT2D eigenvalue weighted by atomic mass is 10.1. The van der Waals surface area contributed by atoms with Gasteiger partial charge in [-0.05, 0) is 41.8 Å². The highest BCUT2D eigenvalue weighted by Gasteiger charge is 2.07. The van der Waals surface area contributed by atoms with Crippen molar-refractivity contribution >= 4 is 46.4 Å². The van der Waals surface area contributed by atoms with E-state index < -0.39 is 0 Å². The number of thiophene rings is 1. The monoisotopic (exact) mass is 282 g/mol. The Morgan fingerprint density at radius 2 is 2.06 bits per heavy atom. The first-order valence-electron chi connectivity index (χ1n) is 4.88. The van der Waals surface area contributed by atoms with Gasteiger partial charge < -0.3 is 0 Å². The normalized spacial score (nSPS) is 10.9. The maximum absolute atomic E-state index is 11.9. The first kappa shape index (κ1) is 12.4. The largest absolute Gasteiger partial charge is 0.289 e. The summed E-state index contributed by atoms with van der Waals surface area (Å²) in [5.74, 6) is -0.147. The Kier molecular flexibility index (Phi) is 4.00. The van der Waals surface area contributed by atoms with Crippen molar-refractivity contribution in [3.8, 4) is 0 Å². The quantitative estimate of drug-likeness (QED) is 0.575. The first-order chi connectivity index (χ1) is 8.16. The third kappa shape index (κ3) is 3.19. The molecule has 0 radical (unpaired) electrons. The summed E-state index contributed by atoms with van der Waals surface area (Å²) in [6, 6.07) is 8.72. The highest BCUT2D eigenvalue weighted by Crippen LogP contribution is 2.22. The van der Waals surface area contributed by atoms with Crippen molar-refractivity contribution in [2.45, 2.75) is 0 Å². The van der Waals surface area contributed by atoms with Gasteiger partial charge in [0.1, 0.15) is 0 Å². The second-order valence-corrected chi connectivity index (χ2v) is 5.16. The molecule has 0 aliphatic heterocycles. The second-order valence-electron chi connectivity index (χ2n) is 3.34. The Bertz CT molecular complexity index is 559. The van der Waals surface area contributed by atoms with Gasteiger partial charge in [0.05, 0.1) is 5.02 Å². The lowest BCUT2D eigenvalue weighted by Crippen LogP contribution is -1.95. The molecule has 0 unspecified atom stereocenters. The van der Waals surface area contributed by atoms with Gasteiger partial charge in [-0.15, -0.1) is 11.3 Å². The standard InChI is InChI=1S/C13H8Cl2OS/c14-9-3-5-12(15)11(8-9)13(16)6-4-10-2-1-7-17-10/h1-8H/b6-4+. The van der Waals surface area contributed by atoms with Crippen molar-refractivity contribution < 1.29 is 4.79 Å². The van der Waals surface area contributed by atoms with Crippen LogP contribution in [0.15, 0.2) is 41.8 Å². The highest BCUT2D eigenvalue weighted by atomic mass is 35.5. The van der Waals surface area contributed by atoms with Crippen LogP contribution in [0.4, 0.5) is 0 Å². The minimum absolute atomic E-state index is 0.147. The Morgan fingerprint density at radius 3 is 2.76 bits per heavy atom. The molecule has 0 spiro atoms. The minimum Gasteiger partial charge on any atom is -0.289 e. The molecule has 2 rings (SSSR count). The lowest BCUT2D eigenvalue weighted by Gasteiger charge is -2.00. The predicted octanol–water partition coefficient (Wildman–Crippen LogP) is 4.95. The van der Waals surface area contributed by atoms with E-state index in [4.69, 9.17) is 23.2 Å². The topological polar surface area (TPSA) is 17.1 Å². The maximum Gasteiger partial charge on any atom is 0.187 e. The summed E-state index contributed by atoms with van der Waals surface area (Å²) in [6.07, 6.45) is 3.27. The molecule has 0 amide bonds. The fourth-order valence-electron chi connectivity index (χ4n) is 1.32. The molecule has 0 atom stereocenters. The van der Waals surface area contributed by atoms with Crippen molar-refractivity contribution in [2.75, 3.05) is 0 Å². The number of benzene rings is 1. The van der Waals surface area contributed by atoms with Crippen molar-refractivity contribution in [1.29, 1.82) is 0 Å². The zero-order valence-electron chi connectivity index (χ0n) is 8.69. The molecule has 0 fully saturated rings. The van der Waals surface area contributed by atoms with Gasteiger partial charge in [-0.3, -0.25) is 4.79 Å². The second kappa shape index (κ2) is 5.50. The molecule has 4 heteroatoms. The van der Waals surface area contributed by atoms with Crippen LogP contribution in [0.3, 0.4) is 0 Å². The summed E-state index contributed by atoms with van der Waals surface area (Å²) in [4.78, 5) is 12.9. The molecule has 1 aromatic heterocycles. The Labute approximate surface area is 113 Å². The van der Waals surface area contributed by atoms with Crippen molar-refractivity contribution in [3.05, 3.63) is 62.3 Å². The Balaban J connectivity index is 2.23. The van der Waals surface area contributed by atoms with Gasteiger partial charge in [-0.2, -0.15) is 0 Å². The number of hydrogen-bond acceptors (Lipinski definition) is 2. The molecule has 0 aliphatic carbocycles. The van der Waals surface area contributed by atoms with Crippen LogP contribution in [-0.2, 0) is 0 Å². The van der Waals surface area contributed by atoms with Gasteiger partial charge in [0.25, 0.3) is 0 Å². The van der Waals surface area contributed by atoms with Gasteiger partial charge >= 0.3 is 0 Å². The Hall–Kier alpha value is -1.09. The summed E-state index contributed by atoms with van der Waals surface area (Å²) in [5.41, 5.74) is 0.423. The summed E-state index contributed by atoms with van der Waals surface area (Å²) in [6.45, 7) is 0. The highest BCUT2D eigenvalue weighted by molar-refractivity contribution is 7.10. The molecule has 1 heterocycles. The van der Waals surface area contributed by atoms with Crippen LogP contribution in [0.5, 0.6) is 0 Å². The van der Waals surface area contributed by atoms with Crippen LogP contribution < -0.4 is 0 Å². The predicted molar refractivity (Wildman–Crippen MR) is 74.1 cm³/mol. The average Bonchev–Trinajstić information content (AvgIpc) is 2.82. The molecule has 2 aromatic rings. The fraction of sp³-hybridized carbons (Fsp3) is 0. The molecule has 0 saturated carbocycles. The molecule has 1 aromatic carbocycles. The smallest absolute Gasteiger partial charge is 0.187 e. The third-order valence-electron chi connectivity index (χ3n) is 2.14. The summed E-state index contributed by atoms with van der Waals surface area (Å²) in [7, 11) is 0. The summed E-state index contributed by atoms with van der Waals surface area (Å²) < 4.78 is 0. The van der Waals surface area contributed by atoms with E-state index in [2.05, 4.69) is 0 Å². The molecule has 17 heavy (non-hydrogen) atoms. The molecule has 0 aliphatic rings. The SMILES string of the molecule is O=C(/C=C/c1cccs1)c1cc(Cl)ccc1Cl. The van der Waals surface area contributed by atoms with Crippen LogP contribution in [0, 0.1) is 0 Å². The molecule has 0 N–H and O–H groups in total. The van der Waals surface area contributed by atoms with Crippen molar-refractivity contribution in [1.82, 2.24) is 0 Å².